The van der Waals surface area contributed by atoms with Crippen molar-refractivity contribution in [2.24, 2.45) is 5.92 Å². The van der Waals surface area contributed by atoms with Gasteiger partial charge in [-0.15, -0.1) is 0 Å². The molecule has 0 atom stereocenters. The number of fused-ring (bicyclic) bond motifs is 1. The Labute approximate surface area is 195 Å². The molecule has 0 radical (unpaired) electrons. The summed E-state index contributed by atoms with van der Waals surface area (Å²) in [5.74, 6) is 0.520. The minimum atomic E-state index is -3.56. The van der Waals surface area contributed by atoms with Gasteiger partial charge in [0.1, 0.15) is 5.75 Å². The smallest absolute Gasteiger partial charge is 0.243 e. The van der Waals surface area contributed by atoms with E-state index >= 15 is 0 Å². The molecule has 1 N–H and O–H groups in total. The Balaban J connectivity index is 1.23. The first-order valence-corrected chi connectivity index (χ1v) is 13.0. The van der Waals surface area contributed by atoms with Gasteiger partial charge in [0, 0.05) is 43.8 Å². The fourth-order valence-electron chi connectivity index (χ4n) is 4.32. The van der Waals surface area contributed by atoms with Crippen molar-refractivity contribution in [1.29, 1.82) is 0 Å². The van der Waals surface area contributed by atoms with Crippen LogP contribution in [-0.4, -0.2) is 49.4 Å². The summed E-state index contributed by atoms with van der Waals surface area (Å²) in [5, 5.41) is 4.25. The highest BCUT2D eigenvalue weighted by molar-refractivity contribution is 7.89. The number of nitrogens with zero attached hydrogens (tertiary/aromatic N) is 2. The summed E-state index contributed by atoms with van der Waals surface area (Å²) in [6.07, 6.45) is 3.98. The number of nitrogens with one attached hydrogen (secondary N) is 1. The lowest BCUT2D eigenvalue weighted by atomic mass is 9.97. The van der Waals surface area contributed by atoms with Crippen LogP contribution in [0.4, 0.5) is 0 Å². The topological polar surface area (TPSA) is 80.6 Å². The van der Waals surface area contributed by atoms with E-state index in [-0.39, 0.29) is 16.7 Å². The maximum absolute atomic E-state index is 12.9. The van der Waals surface area contributed by atoms with Gasteiger partial charge in [-0.25, -0.2) is 8.42 Å². The van der Waals surface area contributed by atoms with Crippen molar-refractivity contribution in [1.82, 2.24) is 14.2 Å². The van der Waals surface area contributed by atoms with Crippen molar-refractivity contribution in [3.63, 3.8) is 0 Å². The number of aryl methyl sites for hydroxylation is 1. The van der Waals surface area contributed by atoms with Gasteiger partial charge < -0.3 is 14.6 Å². The number of ether oxygens (including phenoxy) is 1. The molecule has 1 aliphatic rings. The number of piperidine rings is 1. The number of aromatic nitrogens is 1. The third-order valence-electron chi connectivity index (χ3n) is 6.15. The molecule has 176 valence electrons. The van der Waals surface area contributed by atoms with Crippen LogP contribution in [-0.2, 0) is 21.4 Å². The molecule has 1 aromatic heterocycles. The minimum Gasteiger partial charge on any atom is -0.494 e. The summed E-state index contributed by atoms with van der Waals surface area (Å²) in [5.41, 5.74) is 1.20. The van der Waals surface area contributed by atoms with Crippen LogP contribution in [0.2, 0.25) is 0 Å². The number of para-hydroxylation sites is 1. The highest BCUT2D eigenvalue weighted by Crippen LogP contribution is 2.25. The first kappa shape index (κ1) is 23.3. The largest absolute Gasteiger partial charge is 0.494 e. The Kier molecular flexibility index (Phi) is 7.35. The first-order chi connectivity index (χ1) is 16.0. The van der Waals surface area contributed by atoms with Gasteiger partial charge in [-0.1, -0.05) is 18.2 Å². The fourth-order valence-corrected chi connectivity index (χ4v) is 5.79. The maximum Gasteiger partial charge on any atom is 0.243 e. The van der Waals surface area contributed by atoms with Crippen molar-refractivity contribution in [3.05, 3.63) is 60.8 Å². The summed E-state index contributed by atoms with van der Waals surface area (Å²) >= 11 is 0. The van der Waals surface area contributed by atoms with Gasteiger partial charge in [0.05, 0.1) is 11.5 Å². The number of carbonyl (C=O) groups is 1. The molecule has 4 rings (SSSR count). The standard InChI is InChI=1S/C25H31N3O4S/c1-2-32-22-8-10-23(11-9-22)33(30,31)28-18-13-21(14-19-28)25(29)26-15-5-16-27-17-12-20-6-3-4-7-24(20)27/h3-4,6-12,17,21H,2,5,13-16,18-19H2,1H3,(H,26,29). The van der Waals surface area contributed by atoms with Gasteiger partial charge in [-0.05, 0) is 68.0 Å². The number of rotatable bonds is 9. The van der Waals surface area contributed by atoms with Crippen LogP contribution in [0.25, 0.3) is 10.9 Å². The predicted molar refractivity (Wildman–Crippen MR) is 129 cm³/mol. The Morgan fingerprint density at radius 1 is 1.06 bits per heavy atom. The number of benzene rings is 2. The highest BCUT2D eigenvalue weighted by atomic mass is 32.2. The molecule has 0 bridgehead atoms. The van der Waals surface area contributed by atoms with Crippen molar-refractivity contribution in [3.8, 4) is 5.75 Å². The van der Waals surface area contributed by atoms with Crippen LogP contribution in [0.3, 0.4) is 0 Å². The van der Waals surface area contributed by atoms with Crippen LogP contribution >= 0.6 is 0 Å². The van der Waals surface area contributed by atoms with E-state index in [1.165, 1.54) is 15.2 Å². The Bertz CT molecular complexity index is 1180. The molecule has 1 amide bonds. The van der Waals surface area contributed by atoms with Crippen LogP contribution in [0, 0.1) is 5.92 Å². The molecule has 3 aromatic rings. The first-order valence-electron chi connectivity index (χ1n) is 11.5. The van der Waals surface area contributed by atoms with Gasteiger partial charge in [0.15, 0.2) is 0 Å². The molecule has 33 heavy (non-hydrogen) atoms. The Morgan fingerprint density at radius 3 is 2.52 bits per heavy atom. The molecule has 1 aliphatic heterocycles. The zero-order valence-electron chi connectivity index (χ0n) is 18.9. The van der Waals surface area contributed by atoms with E-state index in [9.17, 15) is 13.2 Å². The van der Waals surface area contributed by atoms with Crippen LogP contribution in [0.15, 0.2) is 65.7 Å². The van der Waals surface area contributed by atoms with E-state index in [4.69, 9.17) is 4.74 Å². The zero-order chi connectivity index (χ0) is 23.3. The van der Waals surface area contributed by atoms with Gasteiger partial charge in [-0.3, -0.25) is 4.79 Å². The molecular weight excluding hydrogens is 438 g/mol. The second-order valence-corrected chi connectivity index (χ2v) is 10.2. The van der Waals surface area contributed by atoms with Crippen LogP contribution < -0.4 is 10.1 Å². The molecule has 1 fully saturated rings. The van der Waals surface area contributed by atoms with Crippen molar-refractivity contribution in [2.45, 2.75) is 37.6 Å². The number of hydrogen-bond donors (Lipinski definition) is 1. The van der Waals surface area contributed by atoms with Gasteiger partial charge in [0.2, 0.25) is 15.9 Å². The summed E-state index contributed by atoms with van der Waals surface area (Å²) in [6, 6.07) is 16.9. The molecule has 1 saturated heterocycles. The van der Waals surface area contributed by atoms with E-state index in [0.717, 1.165) is 13.0 Å². The monoisotopic (exact) mass is 469 g/mol. The minimum absolute atomic E-state index is 0.0190. The van der Waals surface area contributed by atoms with E-state index in [1.54, 1.807) is 24.3 Å². The van der Waals surface area contributed by atoms with Crippen molar-refractivity contribution < 1.29 is 17.9 Å². The van der Waals surface area contributed by atoms with Gasteiger partial charge in [0.25, 0.3) is 0 Å². The summed E-state index contributed by atoms with van der Waals surface area (Å²) < 4.78 is 34.9. The Hall–Kier alpha value is -2.84. The highest BCUT2D eigenvalue weighted by Gasteiger charge is 2.32. The molecule has 7 nitrogen and oxygen atoms in total. The van der Waals surface area contributed by atoms with E-state index < -0.39 is 10.0 Å². The maximum atomic E-state index is 12.9. The molecule has 2 aromatic carbocycles. The average molecular weight is 470 g/mol. The zero-order valence-corrected chi connectivity index (χ0v) is 19.8. The lowest BCUT2D eigenvalue weighted by Crippen LogP contribution is -2.43. The summed E-state index contributed by atoms with van der Waals surface area (Å²) in [4.78, 5) is 12.9. The van der Waals surface area contributed by atoms with Crippen molar-refractivity contribution >= 4 is 26.8 Å². The third kappa shape index (κ3) is 5.39. The predicted octanol–water partition coefficient (Wildman–Crippen LogP) is 3.65. The summed E-state index contributed by atoms with van der Waals surface area (Å²) in [6.45, 7) is 4.56. The normalized spacial score (nSPS) is 15.5. The third-order valence-corrected chi connectivity index (χ3v) is 8.07. The molecule has 8 heteroatoms. The molecule has 0 saturated carbocycles. The fraction of sp³-hybridized carbons (Fsp3) is 0.400. The number of hydrogen-bond acceptors (Lipinski definition) is 4. The van der Waals surface area contributed by atoms with Crippen LogP contribution in [0.1, 0.15) is 26.2 Å². The lowest BCUT2D eigenvalue weighted by molar-refractivity contribution is -0.126. The number of carbonyl (C=O) groups excluding carboxylic acids is 1. The second-order valence-electron chi connectivity index (χ2n) is 8.30. The molecule has 0 unspecified atom stereocenters. The number of sulfonamides is 1. The lowest BCUT2D eigenvalue weighted by Gasteiger charge is -2.30. The van der Waals surface area contributed by atoms with E-state index in [2.05, 4.69) is 34.3 Å². The van der Waals surface area contributed by atoms with E-state index in [1.807, 2.05) is 19.1 Å². The molecule has 2 heterocycles. The van der Waals surface area contributed by atoms with Crippen molar-refractivity contribution in [2.75, 3.05) is 26.2 Å². The average Bonchev–Trinajstić information content (AvgIpc) is 3.25. The SMILES string of the molecule is CCOc1ccc(S(=O)(=O)N2CCC(C(=O)NCCCn3ccc4ccccc43)CC2)cc1. The summed E-state index contributed by atoms with van der Waals surface area (Å²) in [7, 11) is -3.56. The Morgan fingerprint density at radius 2 is 1.79 bits per heavy atom. The number of amides is 1. The van der Waals surface area contributed by atoms with Crippen LogP contribution in [0.5, 0.6) is 5.75 Å². The molecular formula is C25H31N3O4S. The van der Waals surface area contributed by atoms with E-state index in [0.29, 0.717) is 44.8 Å². The quantitative estimate of drug-likeness (QED) is 0.485. The molecule has 0 aliphatic carbocycles. The molecule has 0 spiro atoms. The van der Waals surface area contributed by atoms with Gasteiger partial charge >= 0.3 is 0 Å². The second kappa shape index (κ2) is 10.4. The van der Waals surface area contributed by atoms with Gasteiger partial charge in [-0.2, -0.15) is 4.31 Å².